The summed E-state index contributed by atoms with van der Waals surface area (Å²) in [5, 5.41) is 3.13. The van der Waals surface area contributed by atoms with Gasteiger partial charge in [0, 0.05) is 17.5 Å². The van der Waals surface area contributed by atoms with Crippen LogP contribution < -0.4 is 5.32 Å². The largest absolute Gasteiger partial charge is 0.379 e. The summed E-state index contributed by atoms with van der Waals surface area (Å²) in [6, 6.07) is 3.96. The van der Waals surface area contributed by atoms with E-state index >= 15 is 0 Å². The van der Waals surface area contributed by atoms with E-state index in [1.807, 2.05) is 12.1 Å². The minimum atomic E-state index is 0.828. The number of aromatic nitrogens is 1. The molecule has 2 heteroatoms. The van der Waals surface area contributed by atoms with Crippen LogP contribution in [0.2, 0.25) is 0 Å². The fraction of sp³-hybridized carbons (Fsp3) is 0.125. The SMILES string of the molecule is C=C1NCc2ncccc21. The van der Waals surface area contributed by atoms with Gasteiger partial charge in [-0.05, 0) is 12.1 Å². The minimum absolute atomic E-state index is 0.828. The zero-order valence-corrected chi connectivity index (χ0v) is 5.59. The standard InChI is InChI=1S/C8H8N2/c1-6-7-3-2-4-9-8(7)5-10-6/h2-4,10H,1,5H2. The number of pyridine rings is 1. The van der Waals surface area contributed by atoms with Gasteiger partial charge in [0.15, 0.2) is 0 Å². The lowest BCUT2D eigenvalue weighted by Crippen LogP contribution is -1.98. The Balaban J connectivity index is 2.61. The Labute approximate surface area is 59.6 Å². The minimum Gasteiger partial charge on any atom is -0.379 e. The molecule has 1 aliphatic heterocycles. The van der Waals surface area contributed by atoms with Gasteiger partial charge in [0.25, 0.3) is 0 Å². The molecular weight excluding hydrogens is 124 g/mol. The smallest absolute Gasteiger partial charge is 0.0687 e. The van der Waals surface area contributed by atoms with Crippen molar-refractivity contribution in [3.05, 3.63) is 36.2 Å². The molecule has 0 bridgehead atoms. The molecular formula is C8H8N2. The molecule has 1 aliphatic rings. The third kappa shape index (κ3) is 0.620. The summed E-state index contributed by atoms with van der Waals surface area (Å²) < 4.78 is 0. The quantitative estimate of drug-likeness (QED) is 0.573. The lowest BCUT2D eigenvalue weighted by Gasteiger charge is -1.93. The van der Waals surface area contributed by atoms with Crippen LogP contribution in [-0.2, 0) is 6.54 Å². The van der Waals surface area contributed by atoms with E-state index in [2.05, 4.69) is 16.9 Å². The maximum Gasteiger partial charge on any atom is 0.0687 e. The van der Waals surface area contributed by atoms with Gasteiger partial charge in [-0.2, -0.15) is 0 Å². The topological polar surface area (TPSA) is 24.9 Å². The Morgan fingerprint density at radius 3 is 3.30 bits per heavy atom. The average Bonchev–Trinajstić information content (AvgIpc) is 2.34. The van der Waals surface area contributed by atoms with Gasteiger partial charge in [-0.25, -0.2) is 0 Å². The molecule has 0 aromatic carbocycles. The second-order valence-electron chi connectivity index (χ2n) is 2.33. The van der Waals surface area contributed by atoms with Gasteiger partial charge < -0.3 is 5.32 Å². The zero-order valence-electron chi connectivity index (χ0n) is 5.59. The van der Waals surface area contributed by atoms with E-state index in [-0.39, 0.29) is 0 Å². The fourth-order valence-corrected chi connectivity index (χ4v) is 1.14. The molecule has 0 atom stereocenters. The maximum atomic E-state index is 4.19. The lowest BCUT2D eigenvalue weighted by atomic mass is 10.2. The van der Waals surface area contributed by atoms with Gasteiger partial charge in [-0.1, -0.05) is 6.58 Å². The number of nitrogens with one attached hydrogen (secondary N) is 1. The van der Waals surface area contributed by atoms with Gasteiger partial charge in [0.1, 0.15) is 0 Å². The molecule has 0 saturated carbocycles. The van der Waals surface area contributed by atoms with Crippen molar-refractivity contribution in [2.24, 2.45) is 0 Å². The Bertz CT molecular complexity index is 278. The van der Waals surface area contributed by atoms with E-state index in [0.717, 1.165) is 23.5 Å². The van der Waals surface area contributed by atoms with E-state index in [4.69, 9.17) is 0 Å². The van der Waals surface area contributed by atoms with Gasteiger partial charge in [0.05, 0.1) is 12.2 Å². The Morgan fingerprint density at radius 2 is 2.50 bits per heavy atom. The van der Waals surface area contributed by atoms with Crippen LogP contribution in [0.5, 0.6) is 0 Å². The van der Waals surface area contributed by atoms with Crippen LogP contribution in [0.25, 0.3) is 5.70 Å². The van der Waals surface area contributed by atoms with Crippen molar-refractivity contribution in [3.63, 3.8) is 0 Å². The highest BCUT2D eigenvalue weighted by atomic mass is 14.9. The molecule has 0 fully saturated rings. The molecule has 0 saturated heterocycles. The summed E-state index contributed by atoms with van der Waals surface area (Å²) in [4.78, 5) is 4.19. The van der Waals surface area contributed by atoms with E-state index < -0.39 is 0 Å². The second kappa shape index (κ2) is 1.84. The summed E-state index contributed by atoms with van der Waals surface area (Å²) in [6.45, 7) is 4.67. The first-order valence-electron chi connectivity index (χ1n) is 3.25. The van der Waals surface area contributed by atoms with Crippen LogP contribution in [0.1, 0.15) is 11.3 Å². The van der Waals surface area contributed by atoms with Crippen molar-refractivity contribution >= 4 is 5.70 Å². The number of rotatable bonds is 0. The highest BCUT2D eigenvalue weighted by Crippen LogP contribution is 2.19. The van der Waals surface area contributed by atoms with Gasteiger partial charge in [0.2, 0.25) is 0 Å². The Hall–Kier alpha value is -1.31. The van der Waals surface area contributed by atoms with Crippen molar-refractivity contribution in [1.29, 1.82) is 0 Å². The van der Waals surface area contributed by atoms with Crippen LogP contribution >= 0.6 is 0 Å². The summed E-state index contributed by atoms with van der Waals surface area (Å²) in [5.74, 6) is 0. The summed E-state index contributed by atoms with van der Waals surface area (Å²) >= 11 is 0. The molecule has 0 spiro atoms. The van der Waals surface area contributed by atoms with Gasteiger partial charge >= 0.3 is 0 Å². The van der Waals surface area contributed by atoms with Crippen LogP contribution in [0, 0.1) is 0 Å². The van der Waals surface area contributed by atoms with E-state index in [9.17, 15) is 0 Å². The van der Waals surface area contributed by atoms with Crippen molar-refractivity contribution in [1.82, 2.24) is 10.3 Å². The van der Waals surface area contributed by atoms with Crippen LogP contribution in [-0.4, -0.2) is 4.98 Å². The predicted octanol–water partition coefficient (Wildman–Crippen LogP) is 1.16. The molecule has 0 unspecified atom stereocenters. The molecule has 1 aromatic heterocycles. The van der Waals surface area contributed by atoms with Crippen molar-refractivity contribution in [2.45, 2.75) is 6.54 Å². The first-order chi connectivity index (χ1) is 4.88. The summed E-state index contributed by atoms with van der Waals surface area (Å²) in [6.07, 6.45) is 1.80. The number of hydrogen-bond donors (Lipinski definition) is 1. The van der Waals surface area contributed by atoms with Gasteiger partial charge in [-0.3, -0.25) is 4.98 Å². The average molecular weight is 132 g/mol. The fourth-order valence-electron chi connectivity index (χ4n) is 1.14. The van der Waals surface area contributed by atoms with Gasteiger partial charge in [-0.15, -0.1) is 0 Å². The molecule has 1 N–H and O–H groups in total. The van der Waals surface area contributed by atoms with Crippen molar-refractivity contribution in [2.75, 3.05) is 0 Å². The number of fused-ring (bicyclic) bond motifs is 1. The summed E-state index contributed by atoms with van der Waals surface area (Å²) in [7, 11) is 0. The molecule has 0 amide bonds. The van der Waals surface area contributed by atoms with Crippen molar-refractivity contribution in [3.8, 4) is 0 Å². The molecule has 50 valence electrons. The van der Waals surface area contributed by atoms with E-state index in [1.165, 1.54) is 0 Å². The maximum absolute atomic E-state index is 4.19. The molecule has 2 nitrogen and oxygen atoms in total. The molecule has 1 aromatic rings. The Kier molecular flexibility index (Phi) is 1.01. The monoisotopic (exact) mass is 132 g/mol. The van der Waals surface area contributed by atoms with Crippen LogP contribution in [0.15, 0.2) is 24.9 Å². The number of hydrogen-bond acceptors (Lipinski definition) is 2. The third-order valence-corrected chi connectivity index (χ3v) is 1.68. The zero-order chi connectivity index (χ0) is 6.97. The second-order valence-corrected chi connectivity index (χ2v) is 2.33. The predicted molar refractivity (Wildman–Crippen MR) is 40.1 cm³/mol. The summed E-state index contributed by atoms with van der Waals surface area (Å²) in [5.41, 5.74) is 3.25. The molecule has 0 aliphatic carbocycles. The highest BCUT2D eigenvalue weighted by Gasteiger charge is 2.12. The first kappa shape index (κ1) is 5.47. The van der Waals surface area contributed by atoms with Crippen LogP contribution in [0.3, 0.4) is 0 Å². The van der Waals surface area contributed by atoms with Crippen LogP contribution in [0.4, 0.5) is 0 Å². The highest BCUT2D eigenvalue weighted by molar-refractivity contribution is 5.66. The third-order valence-electron chi connectivity index (χ3n) is 1.68. The van der Waals surface area contributed by atoms with E-state index in [0.29, 0.717) is 0 Å². The molecule has 2 heterocycles. The Morgan fingerprint density at radius 1 is 1.60 bits per heavy atom. The normalized spacial score (nSPS) is 14.6. The van der Waals surface area contributed by atoms with Crippen molar-refractivity contribution < 1.29 is 0 Å². The first-order valence-corrected chi connectivity index (χ1v) is 3.25. The molecule has 10 heavy (non-hydrogen) atoms. The van der Waals surface area contributed by atoms with E-state index in [1.54, 1.807) is 6.20 Å². The molecule has 2 rings (SSSR count). The lowest BCUT2D eigenvalue weighted by molar-refractivity contribution is 0.909. The molecule has 0 radical (unpaired) electrons. The number of nitrogens with zero attached hydrogens (tertiary/aromatic N) is 1.